The lowest BCUT2D eigenvalue weighted by molar-refractivity contribution is -0.150. The Morgan fingerprint density at radius 2 is 2.04 bits per heavy atom. The summed E-state index contributed by atoms with van der Waals surface area (Å²) in [6.45, 7) is -3.64. The maximum atomic E-state index is 12.4. The largest absolute Gasteiger partial charge is 0.463 e. The number of allylic oxidation sites excluding steroid dienone is 2. The van der Waals surface area contributed by atoms with Gasteiger partial charge in [0.2, 0.25) is 11.9 Å². The molecule has 0 aromatic heterocycles. The van der Waals surface area contributed by atoms with Gasteiger partial charge in [-0.05, 0) is 50.9 Å². The smallest absolute Gasteiger partial charge is 0.434 e. The number of rotatable bonds is 1. The number of esters is 1. The van der Waals surface area contributed by atoms with E-state index in [4.69, 9.17) is 14.0 Å². The van der Waals surface area contributed by atoms with Crippen molar-refractivity contribution in [2.75, 3.05) is 13.5 Å². The van der Waals surface area contributed by atoms with Gasteiger partial charge in [-0.1, -0.05) is 12.2 Å². The number of amides is 2. The first-order valence-corrected chi connectivity index (χ1v) is 8.90. The molecule has 0 saturated heterocycles. The molecule has 144 valence electrons. The summed E-state index contributed by atoms with van der Waals surface area (Å²) in [5.41, 5.74) is 0. The molecule has 0 spiro atoms. The van der Waals surface area contributed by atoms with E-state index in [1.54, 1.807) is 0 Å². The number of hydrogen-bond donors (Lipinski definition) is 2. The molecule has 0 radical (unpaired) electrons. The third-order valence-electron chi connectivity index (χ3n) is 4.23. The van der Waals surface area contributed by atoms with Crippen LogP contribution in [0, 0.1) is 5.92 Å². The summed E-state index contributed by atoms with van der Waals surface area (Å²) in [6.07, 6.45) is 7.54. The number of aliphatic imine (C=N–C) groups is 1. The van der Waals surface area contributed by atoms with Crippen molar-refractivity contribution >= 4 is 23.9 Å². The Labute approximate surface area is 157 Å². The number of likely N-dealkylation sites (N-methyl/N-ethyl adjacent to an activating group) is 1. The summed E-state index contributed by atoms with van der Waals surface area (Å²) in [7, 11) is 0. The van der Waals surface area contributed by atoms with Crippen molar-refractivity contribution in [3.63, 3.8) is 0 Å². The van der Waals surface area contributed by atoms with E-state index in [-0.39, 0.29) is 18.4 Å². The Kier molecular flexibility index (Phi) is 6.05. The van der Waals surface area contributed by atoms with Crippen LogP contribution in [0.15, 0.2) is 17.1 Å². The van der Waals surface area contributed by atoms with Crippen LogP contribution in [0.2, 0.25) is 0 Å². The zero-order chi connectivity index (χ0) is 21.4. The highest BCUT2D eigenvalue weighted by molar-refractivity contribution is 6.01. The SMILES string of the molecule is [2H]C([2H])([2H])N1CC(=O)OC(C2CC2)CCC/C=C\CCCC(=O)NC1=NC(=O)O. The minimum atomic E-state index is -2.90. The van der Waals surface area contributed by atoms with Gasteiger partial charge in [-0.2, -0.15) is 0 Å². The Hall–Kier alpha value is -2.38. The highest BCUT2D eigenvalue weighted by Crippen LogP contribution is 2.36. The van der Waals surface area contributed by atoms with Crippen LogP contribution in [-0.2, 0) is 14.3 Å². The monoisotopic (exact) mass is 368 g/mol. The van der Waals surface area contributed by atoms with Gasteiger partial charge in [-0.25, -0.2) is 4.79 Å². The number of guanidine groups is 1. The second-order valence-corrected chi connectivity index (χ2v) is 6.51. The molecule has 26 heavy (non-hydrogen) atoms. The van der Waals surface area contributed by atoms with Crippen LogP contribution in [0.5, 0.6) is 0 Å². The third kappa shape index (κ3) is 7.25. The molecule has 0 bridgehead atoms. The molecule has 1 heterocycles. The topological polar surface area (TPSA) is 108 Å². The Morgan fingerprint density at radius 3 is 2.69 bits per heavy atom. The lowest BCUT2D eigenvalue weighted by Gasteiger charge is -2.23. The maximum Gasteiger partial charge on any atom is 0.434 e. The van der Waals surface area contributed by atoms with E-state index in [2.05, 4.69) is 10.3 Å². The number of cyclic esters (lactones) is 1. The lowest BCUT2D eigenvalue weighted by atomic mass is 10.1. The molecule has 2 aliphatic rings. The van der Waals surface area contributed by atoms with Gasteiger partial charge in [0.15, 0.2) is 0 Å². The van der Waals surface area contributed by atoms with Crippen molar-refractivity contribution in [1.82, 2.24) is 10.2 Å². The highest BCUT2D eigenvalue weighted by atomic mass is 16.5. The summed E-state index contributed by atoms with van der Waals surface area (Å²) in [6, 6.07) is 0. The van der Waals surface area contributed by atoms with Crippen molar-refractivity contribution in [3.05, 3.63) is 12.2 Å². The van der Waals surface area contributed by atoms with E-state index in [0.717, 1.165) is 25.7 Å². The molecule has 1 fully saturated rings. The van der Waals surface area contributed by atoms with Crippen LogP contribution in [-0.4, -0.2) is 53.6 Å². The highest BCUT2D eigenvalue weighted by Gasteiger charge is 2.33. The fourth-order valence-electron chi connectivity index (χ4n) is 2.76. The van der Waals surface area contributed by atoms with E-state index < -0.39 is 37.4 Å². The van der Waals surface area contributed by atoms with Gasteiger partial charge < -0.3 is 14.7 Å². The molecule has 8 heteroatoms. The minimum Gasteiger partial charge on any atom is -0.463 e. The van der Waals surface area contributed by atoms with Gasteiger partial charge in [-0.3, -0.25) is 14.9 Å². The van der Waals surface area contributed by atoms with Gasteiger partial charge in [0.1, 0.15) is 12.6 Å². The van der Waals surface area contributed by atoms with Gasteiger partial charge in [-0.15, -0.1) is 4.99 Å². The molecule has 1 atom stereocenters. The van der Waals surface area contributed by atoms with Gasteiger partial charge in [0.25, 0.3) is 0 Å². The second kappa shape index (κ2) is 9.94. The van der Waals surface area contributed by atoms with Crippen LogP contribution < -0.4 is 5.32 Å². The van der Waals surface area contributed by atoms with Crippen molar-refractivity contribution in [1.29, 1.82) is 0 Å². The molecule has 0 aromatic carbocycles. The molecule has 2 amide bonds. The number of carbonyl (C=O) groups excluding carboxylic acids is 2. The lowest BCUT2D eigenvalue weighted by Crippen LogP contribution is -2.45. The number of carbonyl (C=O) groups is 3. The molecule has 0 aromatic rings. The molecular weight excluding hydrogens is 338 g/mol. The second-order valence-electron chi connectivity index (χ2n) is 6.51. The van der Waals surface area contributed by atoms with Crippen LogP contribution in [0.25, 0.3) is 0 Å². The third-order valence-corrected chi connectivity index (χ3v) is 4.23. The Morgan fingerprint density at radius 1 is 1.31 bits per heavy atom. The Balaban J connectivity index is 2.25. The van der Waals surface area contributed by atoms with Crippen molar-refractivity contribution in [2.45, 2.75) is 57.5 Å². The van der Waals surface area contributed by atoms with Gasteiger partial charge in [0, 0.05) is 17.5 Å². The fourth-order valence-corrected chi connectivity index (χ4v) is 2.76. The Bertz CT molecular complexity index is 674. The van der Waals surface area contributed by atoms with E-state index in [0.29, 0.717) is 24.2 Å². The van der Waals surface area contributed by atoms with E-state index in [1.165, 1.54) is 0 Å². The average molecular weight is 368 g/mol. The van der Waals surface area contributed by atoms with Crippen LogP contribution in [0.1, 0.15) is 55.5 Å². The number of hydrogen-bond acceptors (Lipinski definition) is 4. The van der Waals surface area contributed by atoms with E-state index >= 15 is 0 Å². The average Bonchev–Trinajstić information content (AvgIpc) is 3.43. The molecule has 1 aliphatic heterocycles. The first kappa shape index (κ1) is 15.8. The molecule has 1 aliphatic carbocycles. The maximum absolute atomic E-state index is 12.4. The van der Waals surface area contributed by atoms with Crippen molar-refractivity contribution in [2.24, 2.45) is 10.9 Å². The number of carboxylic acid groups (broad SMARTS) is 1. The normalized spacial score (nSPS) is 29.1. The minimum absolute atomic E-state index is 0.0615. The van der Waals surface area contributed by atoms with Crippen molar-refractivity contribution in [3.8, 4) is 0 Å². The summed E-state index contributed by atoms with van der Waals surface area (Å²) < 4.78 is 28.5. The van der Waals surface area contributed by atoms with Crippen molar-refractivity contribution < 1.29 is 28.3 Å². The van der Waals surface area contributed by atoms with Crippen LogP contribution >= 0.6 is 0 Å². The standard InChI is InChI=1S/C18H27N3O5/c1-21-12-16(23)26-14(13-10-11-13)8-6-4-2-3-5-7-9-15(22)19-17(21)20-18(24)25/h2-3,13-14H,4-12H2,1H3,(H,24,25)(H,19,20,22)/b3-2-/i1D3. The number of nitrogens with one attached hydrogen (secondary N) is 1. The van der Waals surface area contributed by atoms with E-state index in [9.17, 15) is 14.4 Å². The number of nitrogens with zero attached hydrogens (tertiary/aromatic N) is 2. The molecular formula is C18H27N3O5. The zero-order valence-corrected chi connectivity index (χ0v) is 14.6. The van der Waals surface area contributed by atoms with Gasteiger partial charge >= 0.3 is 12.1 Å². The molecule has 1 saturated carbocycles. The first-order valence-electron chi connectivity index (χ1n) is 10.4. The van der Waals surface area contributed by atoms with E-state index in [1.807, 2.05) is 12.2 Å². The zero-order valence-electron chi connectivity index (χ0n) is 17.6. The predicted octanol–water partition coefficient (Wildman–Crippen LogP) is 2.30. The number of ether oxygens (including phenoxy) is 1. The molecule has 2 rings (SSSR count). The quantitative estimate of drug-likeness (QED) is 0.543. The summed E-state index contributed by atoms with van der Waals surface area (Å²) in [5.74, 6) is -1.81. The summed E-state index contributed by atoms with van der Waals surface area (Å²) in [4.78, 5) is 39.3. The predicted molar refractivity (Wildman–Crippen MR) is 95.7 cm³/mol. The molecule has 1 unspecified atom stereocenters. The van der Waals surface area contributed by atoms with Crippen LogP contribution in [0.3, 0.4) is 0 Å². The fraction of sp³-hybridized carbons (Fsp3) is 0.667. The summed E-state index contributed by atoms with van der Waals surface area (Å²) in [5, 5.41) is 11.2. The first-order chi connectivity index (χ1) is 13.7. The van der Waals surface area contributed by atoms with Crippen LogP contribution in [0.4, 0.5) is 4.79 Å². The summed E-state index contributed by atoms with van der Waals surface area (Å²) >= 11 is 0. The molecule has 8 nitrogen and oxygen atoms in total. The molecule has 2 N–H and O–H groups in total. The van der Waals surface area contributed by atoms with Gasteiger partial charge in [0.05, 0.1) is 0 Å².